The van der Waals surface area contributed by atoms with Crippen molar-refractivity contribution in [2.75, 3.05) is 26.4 Å². The van der Waals surface area contributed by atoms with Crippen LogP contribution in [0.1, 0.15) is 52.4 Å². The van der Waals surface area contributed by atoms with Crippen LogP contribution >= 0.6 is 0 Å². The monoisotopic (exact) mass is 516 g/mol. The molecule has 0 aromatic carbocycles. The highest BCUT2D eigenvalue weighted by Crippen LogP contribution is 2.64. The summed E-state index contributed by atoms with van der Waals surface area (Å²) in [5.41, 5.74) is -0.396. The Kier molecular flexibility index (Phi) is 8.26. The van der Waals surface area contributed by atoms with Gasteiger partial charge in [0, 0.05) is 12.0 Å². The number of allylic oxidation sites excluding steroid dienone is 1. The molecule has 10 heteroatoms. The maximum atomic E-state index is 10.9. The fourth-order valence-electron chi connectivity index (χ4n) is 7.98. The molecule has 8 N–H and O–H groups in total. The van der Waals surface area contributed by atoms with Crippen LogP contribution in [0.5, 0.6) is 0 Å². The van der Waals surface area contributed by atoms with E-state index in [0.717, 1.165) is 18.4 Å². The first kappa shape index (κ1) is 28.4. The van der Waals surface area contributed by atoms with Gasteiger partial charge in [-0.1, -0.05) is 25.5 Å². The quantitative estimate of drug-likeness (QED) is 0.197. The molecule has 1 saturated heterocycles. The lowest BCUT2D eigenvalue weighted by molar-refractivity contribution is -0.307. The number of aliphatic hydroxyl groups excluding tert-OH is 8. The van der Waals surface area contributed by atoms with Gasteiger partial charge in [0.05, 0.1) is 32.0 Å². The van der Waals surface area contributed by atoms with Crippen LogP contribution in [0.25, 0.3) is 0 Å². The van der Waals surface area contributed by atoms with Gasteiger partial charge in [0.25, 0.3) is 0 Å². The number of aliphatic hydroxyl groups is 8. The molecule has 1 aliphatic heterocycles. The van der Waals surface area contributed by atoms with E-state index in [1.807, 2.05) is 6.08 Å². The molecule has 1 heterocycles. The molecule has 0 aromatic heterocycles. The van der Waals surface area contributed by atoms with Gasteiger partial charge >= 0.3 is 0 Å². The fraction of sp³-hybridized carbons (Fsp3) is 0.923. The second-order valence-electron chi connectivity index (χ2n) is 12.2. The van der Waals surface area contributed by atoms with Crippen molar-refractivity contribution in [2.24, 2.45) is 28.1 Å². The minimum Gasteiger partial charge on any atom is -0.396 e. The zero-order chi connectivity index (χ0) is 26.5. The summed E-state index contributed by atoms with van der Waals surface area (Å²) in [5, 5.41) is 81.6. The maximum Gasteiger partial charge on any atom is 0.186 e. The van der Waals surface area contributed by atoms with E-state index in [4.69, 9.17) is 9.47 Å². The molecule has 4 aliphatic rings. The Hall–Kier alpha value is -0.660. The molecule has 3 aliphatic carbocycles. The minimum atomic E-state index is -1.57. The molecule has 0 aromatic rings. The molecule has 208 valence electrons. The lowest BCUT2D eigenvalue weighted by atomic mass is 9.44. The van der Waals surface area contributed by atoms with Crippen LogP contribution in [0.15, 0.2) is 11.6 Å². The first-order valence-corrected chi connectivity index (χ1v) is 13.2. The number of rotatable bonds is 7. The van der Waals surface area contributed by atoms with Gasteiger partial charge in [-0.05, 0) is 61.2 Å². The van der Waals surface area contributed by atoms with Gasteiger partial charge in [-0.15, -0.1) is 0 Å². The zero-order valence-electron chi connectivity index (χ0n) is 21.2. The molecule has 3 fully saturated rings. The van der Waals surface area contributed by atoms with Gasteiger partial charge in [-0.2, -0.15) is 0 Å². The highest BCUT2D eigenvalue weighted by molar-refractivity contribution is 5.26. The Morgan fingerprint density at radius 3 is 2.39 bits per heavy atom. The summed E-state index contributed by atoms with van der Waals surface area (Å²) in [6.07, 6.45) is -2.66. The third kappa shape index (κ3) is 4.68. The number of hydrogen-bond donors (Lipinski definition) is 8. The summed E-state index contributed by atoms with van der Waals surface area (Å²) in [7, 11) is 0. The summed E-state index contributed by atoms with van der Waals surface area (Å²) in [4.78, 5) is 0. The zero-order valence-corrected chi connectivity index (χ0v) is 21.2. The molecule has 4 rings (SSSR count). The van der Waals surface area contributed by atoms with E-state index in [1.165, 1.54) is 0 Å². The molecule has 2 saturated carbocycles. The molecule has 36 heavy (non-hydrogen) atoms. The van der Waals surface area contributed by atoms with Gasteiger partial charge in [-0.3, -0.25) is 0 Å². The molecule has 10 nitrogen and oxygen atoms in total. The van der Waals surface area contributed by atoms with E-state index in [9.17, 15) is 40.9 Å². The van der Waals surface area contributed by atoms with Crippen LogP contribution in [-0.4, -0.2) is 110 Å². The topological polar surface area (TPSA) is 180 Å². The molecule has 12 atom stereocenters. The van der Waals surface area contributed by atoms with Gasteiger partial charge in [0.2, 0.25) is 0 Å². The van der Waals surface area contributed by atoms with Crippen molar-refractivity contribution in [3.05, 3.63) is 11.6 Å². The van der Waals surface area contributed by atoms with E-state index in [1.54, 1.807) is 0 Å². The SMILES string of the molecule is CC1(CO)CC(O)CC2(C)C3CCC(COC4OC(CO)C(O)C(O)C4O)(C(O)CO)C=C3CCC12. The Bertz CT molecular complexity index is 806. The van der Waals surface area contributed by atoms with E-state index in [0.29, 0.717) is 25.7 Å². The highest BCUT2D eigenvalue weighted by Gasteiger charge is 2.58. The Morgan fingerprint density at radius 2 is 1.75 bits per heavy atom. The third-order valence-corrected chi connectivity index (χ3v) is 9.91. The molecule has 0 spiro atoms. The minimum absolute atomic E-state index is 0.0240. The van der Waals surface area contributed by atoms with Gasteiger partial charge in [0.15, 0.2) is 6.29 Å². The van der Waals surface area contributed by atoms with Crippen molar-refractivity contribution in [1.29, 1.82) is 0 Å². The lowest BCUT2D eigenvalue weighted by Gasteiger charge is -2.61. The van der Waals surface area contributed by atoms with Crippen molar-refractivity contribution in [3.63, 3.8) is 0 Å². The Morgan fingerprint density at radius 1 is 1.03 bits per heavy atom. The standard InChI is InChI=1S/C26H44O10/c1-24(12-29)8-15(30)9-25(2)16-5-6-26(19(31)11-28,7-14(16)3-4-18(24)25)13-35-23-22(34)21(33)20(32)17(10-27)36-23/h7,15-23,27-34H,3-6,8-13H2,1-2H3. The third-order valence-electron chi connectivity index (χ3n) is 9.91. The molecule has 0 radical (unpaired) electrons. The highest BCUT2D eigenvalue weighted by atomic mass is 16.7. The normalized spacial score (nSPS) is 50.1. The van der Waals surface area contributed by atoms with Gasteiger partial charge in [-0.25, -0.2) is 0 Å². The van der Waals surface area contributed by atoms with Crippen molar-refractivity contribution in [2.45, 2.75) is 95.3 Å². The smallest absolute Gasteiger partial charge is 0.186 e. The molecular formula is C26H44O10. The molecule has 0 amide bonds. The fourth-order valence-corrected chi connectivity index (χ4v) is 7.98. The maximum absolute atomic E-state index is 10.9. The average Bonchev–Trinajstić information content (AvgIpc) is 2.85. The number of fused-ring (bicyclic) bond motifs is 3. The summed E-state index contributed by atoms with van der Waals surface area (Å²) < 4.78 is 11.3. The van der Waals surface area contributed by atoms with E-state index < -0.39 is 61.5 Å². The lowest BCUT2D eigenvalue weighted by Crippen LogP contribution is -2.60. The van der Waals surface area contributed by atoms with Gasteiger partial charge < -0.3 is 50.3 Å². The summed E-state index contributed by atoms with van der Waals surface area (Å²) in [6, 6.07) is 0. The van der Waals surface area contributed by atoms with Crippen molar-refractivity contribution in [1.82, 2.24) is 0 Å². The average molecular weight is 517 g/mol. The first-order chi connectivity index (χ1) is 16.9. The van der Waals surface area contributed by atoms with Crippen LogP contribution in [0.2, 0.25) is 0 Å². The summed E-state index contributed by atoms with van der Waals surface area (Å²) in [6.45, 7) is 3.11. The van der Waals surface area contributed by atoms with Gasteiger partial charge in [0.1, 0.15) is 24.4 Å². The first-order valence-electron chi connectivity index (χ1n) is 13.2. The Balaban J connectivity index is 1.58. The van der Waals surface area contributed by atoms with Crippen LogP contribution in [0.4, 0.5) is 0 Å². The number of hydrogen-bond acceptors (Lipinski definition) is 10. The van der Waals surface area contributed by atoms with Crippen molar-refractivity contribution in [3.8, 4) is 0 Å². The van der Waals surface area contributed by atoms with E-state index in [2.05, 4.69) is 13.8 Å². The second kappa shape index (κ2) is 10.5. The molecule has 0 bridgehead atoms. The van der Waals surface area contributed by atoms with E-state index >= 15 is 0 Å². The van der Waals surface area contributed by atoms with Crippen LogP contribution in [-0.2, 0) is 9.47 Å². The number of ether oxygens (including phenoxy) is 2. The Labute approximate surface area is 212 Å². The second-order valence-corrected chi connectivity index (χ2v) is 12.2. The van der Waals surface area contributed by atoms with Crippen LogP contribution < -0.4 is 0 Å². The van der Waals surface area contributed by atoms with E-state index in [-0.39, 0.29) is 35.9 Å². The predicted octanol–water partition coefficient (Wildman–Crippen LogP) is -0.951. The molecule has 12 unspecified atom stereocenters. The largest absolute Gasteiger partial charge is 0.396 e. The van der Waals surface area contributed by atoms with Crippen molar-refractivity contribution < 1.29 is 50.3 Å². The summed E-state index contributed by atoms with van der Waals surface area (Å²) in [5.74, 6) is 0.407. The predicted molar refractivity (Wildman–Crippen MR) is 127 cm³/mol. The van der Waals surface area contributed by atoms with Crippen LogP contribution in [0.3, 0.4) is 0 Å². The van der Waals surface area contributed by atoms with Crippen molar-refractivity contribution >= 4 is 0 Å². The summed E-state index contributed by atoms with van der Waals surface area (Å²) >= 11 is 0. The van der Waals surface area contributed by atoms with Crippen LogP contribution in [0, 0.1) is 28.1 Å². The molecular weight excluding hydrogens is 472 g/mol.